The quantitative estimate of drug-likeness (QED) is 0.0261. The number of unbranched alkanes of at least 4 members (excludes halogenated alkanes) is 34. The second-order valence-electron chi connectivity index (χ2n) is 19.7. The third-order valence-electron chi connectivity index (χ3n) is 13.6. The highest BCUT2D eigenvalue weighted by atomic mass is 16.7. The van der Waals surface area contributed by atoms with Crippen molar-refractivity contribution in [3.05, 3.63) is 24.3 Å². The second-order valence-corrected chi connectivity index (χ2v) is 19.7. The topological polar surface area (TPSA) is 149 Å². The predicted octanol–water partition coefficient (Wildman–Crippen LogP) is 13.4. The first-order valence-electron chi connectivity index (χ1n) is 28.0. The highest BCUT2D eigenvalue weighted by molar-refractivity contribution is 5.76. The van der Waals surface area contributed by atoms with Gasteiger partial charge < -0.3 is 40.3 Å². The molecule has 65 heavy (non-hydrogen) atoms. The molecule has 0 radical (unpaired) electrons. The summed E-state index contributed by atoms with van der Waals surface area (Å²) in [5.41, 5.74) is 0. The molecule has 7 unspecified atom stereocenters. The summed E-state index contributed by atoms with van der Waals surface area (Å²) in [5, 5.41) is 54.6. The van der Waals surface area contributed by atoms with Crippen LogP contribution in [-0.2, 0) is 14.3 Å². The average molecular weight is 922 g/mol. The molecular weight excluding hydrogens is 815 g/mol. The number of hydrogen-bond acceptors (Lipinski definition) is 8. The predicted molar refractivity (Wildman–Crippen MR) is 272 cm³/mol. The number of aliphatic hydroxyl groups excluding tert-OH is 5. The molecule has 0 aliphatic carbocycles. The minimum Gasteiger partial charge on any atom is -0.394 e. The summed E-state index contributed by atoms with van der Waals surface area (Å²) in [6.07, 6.45) is 50.6. The van der Waals surface area contributed by atoms with Crippen molar-refractivity contribution < 1.29 is 39.8 Å². The summed E-state index contributed by atoms with van der Waals surface area (Å²) in [5.74, 6) is -0.149. The lowest BCUT2D eigenvalue weighted by Crippen LogP contribution is -2.60. The van der Waals surface area contributed by atoms with Crippen LogP contribution in [0, 0.1) is 0 Å². The van der Waals surface area contributed by atoms with Gasteiger partial charge in [0.15, 0.2) is 6.29 Å². The van der Waals surface area contributed by atoms with Crippen LogP contribution in [-0.4, -0.2) is 87.5 Å². The number of allylic oxidation sites excluding steroid dienone is 4. The van der Waals surface area contributed by atoms with Crippen molar-refractivity contribution in [3.63, 3.8) is 0 Å². The molecule has 0 spiro atoms. The molecule has 0 aromatic heterocycles. The fraction of sp³-hybridized carbons (Fsp3) is 0.911. The maximum Gasteiger partial charge on any atom is 0.220 e. The maximum atomic E-state index is 13.0. The zero-order chi connectivity index (χ0) is 47.3. The van der Waals surface area contributed by atoms with Gasteiger partial charge in [-0.1, -0.05) is 244 Å². The van der Waals surface area contributed by atoms with E-state index >= 15 is 0 Å². The highest BCUT2D eigenvalue weighted by Gasteiger charge is 2.44. The van der Waals surface area contributed by atoms with E-state index in [2.05, 4.69) is 43.5 Å². The van der Waals surface area contributed by atoms with Gasteiger partial charge in [-0.15, -0.1) is 0 Å². The minimum atomic E-state index is -1.55. The molecule has 7 atom stereocenters. The Morgan fingerprint density at radius 3 is 1.35 bits per heavy atom. The SMILES string of the molecule is CCCCC/C=C\C/C=C\CCCCCCCCCC(=O)NC(COC1OC(CO)C(O)C(O)C1O)C(O)CCCCCCCCCCCCCCCCCCCCCCCCCCC. The minimum absolute atomic E-state index is 0.139. The van der Waals surface area contributed by atoms with Gasteiger partial charge in [0, 0.05) is 6.42 Å². The van der Waals surface area contributed by atoms with E-state index in [9.17, 15) is 30.3 Å². The molecule has 1 saturated heterocycles. The Morgan fingerprint density at radius 2 is 0.908 bits per heavy atom. The zero-order valence-corrected chi connectivity index (χ0v) is 42.5. The molecule has 1 amide bonds. The Balaban J connectivity index is 2.21. The average Bonchev–Trinajstić information content (AvgIpc) is 3.31. The lowest BCUT2D eigenvalue weighted by Gasteiger charge is -2.40. The van der Waals surface area contributed by atoms with Crippen LogP contribution in [0.25, 0.3) is 0 Å². The van der Waals surface area contributed by atoms with Gasteiger partial charge in [0.05, 0.1) is 25.4 Å². The van der Waals surface area contributed by atoms with Gasteiger partial charge in [0.2, 0.25) is 5.91 Å². The van der Waals surface area contributed by atoms with Crippen molar-refractivity contribution in [1.82, 2.24) is 5.32 Å². The van der Waals surface area contributed by atoms with E-state index in [1.165, 1.54) is 193 Å². The van der Waals surface area contributed by atoms with E-state index in [4.69, 9.17) is 9.47 Å². The van der Waals surface area contributed by atoms with Crippen LogP contribution in [0.4, 0.5) is 0 Å². The van der Waals surface area contributed by atoms with Gasteiger partial charge in [0.1, 0.15) is 24.4 Å². The van der Waals surface area contributed by atoms with E-state index in [0.717, 1.165) is 51.4 Å². The molecule has 1 aliphatic rings. The molecule has 1 fully saturated rings. The molecule has 0 saturated carbocycles. The van der Waals surface area contributed by atoms with Gasteiger partial charge >= 0.3 is 0 Å². The summed E-state index contributed by atoms with van der Waals surface area (Å²) in [7, 11) is 0. The Kier molecular flexibility index (Phi) is 44.0. The Labute approximate surface area is 400 Å². The van der Waals surface area contributed by atoms with Crippen LogP contribution in [0.5, 0.6) is 0 Å². The van der Waals surface area contributed by atoms with E-state index in [1.807, 2.05) is 0 Å². The lowest BCUT2D eigenvalue weighted by molar-refractivity contribution is -0.302. The van der Waals surface area contributed by atoms with Crippen LogP contribution in [0.15, 0.2) is 24.3 Å². The molecule has 0 aromatic carbocycles. The third-order valence-corrected chi connectivity index (χ3v) is 13.6. The van der Waals surface area contributed by atoms with Gasteiger partial charge in [0.25, 0.3) is 0 Å². The number of rotatable bonds is 48. The molecule has 0 aromatic rings. The van der Waals surface area contributed by atoms with E-state index < -0.39 is 49.5 Å². The Morgan fingerprint density at radius 1 is 0.523 bits per heavy atom. The third kappa shape index (κ3) is 36.3. The molecule has 384 valence electrons. The van der Waals surface area contributed by atoms with Gasteiger partial charge in [-0.2, -0.15) is 0 Å². The van der Waals surface area contributed by atoms with Crippen molar-refractivity contribution in [3.8, 4) is 0 Å². The molecule has 9 heteroatoms. The number of nitrogens with one attached hydrogen (secondary N) is 1. The Hall–Kier alpha value is -1.33. The second kappa shape index (κ2) is 46.4. The van der Waals surface area contributed by atoms with Crippen molar-refractivity contribution in [2.75, 3.05) is 13.2 Å². The number of amides is 1. The van der Waals surface area contributed by atoms with E-state index in [-0.39, 0.29) is 12.5 Å². The van der Waals surface area contributed by atoms with E-state index in [1.54, 1.807) is 0 Å². The molecular formula is C56H107NO8. The van der Waals surface area contributed by atoms with Crippen LogP contribution >= 0.6 is 0 Å². The van der Waals surface area contributed by atoms with Gasteiger partial charge in [-0.3, -0.25) is 4.79 Å². The van der Waals surface area contributed by atoms with Crippen LogP contribution in [0.2, 0.25) is 0 Å². The van der Waals surface area contributed by atoms with Crippen molar-refractivity contribution >= 4 is 5.91 Å². The lowest BCUT2D eigenvalue weighted by atomic mass is 9.99. The van der Waals surface area contributed by atoms with Crippen LogP contribution < -0.4 is 5.32 Å². The zero-order valence-electron chi connectivity index (χ0n) is 42.5. The first-order valence-corrected chi connectivity index (χ1v) is 28.0. The molecule has 1 rings (SSSR count). The monoisotopic (exact) mass is 922 g/mol. The summed E-state index contributed by atoms with van der Waals surface area (Å²) >= 11 is 0. The van der Waals surface area contributed by atoms with Crippen molar-refractivity contribution in [2.45, 2.75) is 314 Å². The largest absolute Gasteiger partial charge is 0.394 e. The van der Waals surface area contributed by atoms with Crippen LogP contribution in [0.3, 0.4) is 0 Å². The first kappa shape index (κ1) is 61.7. The fourth-order valence-corrected chi connectivity index (χ4v) is 9.08. The normalized spacial score (nSPS) is 20.0. The number of carbonyl (C=O) groups is 1. The van der Waals surface area contributed by atoms with Gasteiger partial charge in [-0.05, 0) is 44.9 Å². The number of hydrogen-bond donors (Lipinski definition) is 6. The molecule has 1 aliphatic heterocycles. The smallest absolute Gasteiger partial charge is 0.220 e. The first-order chi connectivity index (χ1) is 31.8. The molecule has 1 heterocycles. The van der Waals surface area contributed by atoms with Crippen molar-refractivity contribution in [1.29, 1.82) is 0 Å². The summed E-state index contributed by atoms with van der Waals surface area (Å²) in [4.78, 5) is 13.0. The van der Waals surface area contributed by atoms with Crippen LogP contribution in [0.1, 0.15) is 271 Å². The van der Waals surface area contributed by atoms with Crippen molar-refractivity contribution in [2.24, 2.45) is 0 Å². The number of carbonyl (C=O) groups excluding carboxylic acids is 1. The highest BCUT2D eigenvalue weighted by Crippen LogP contribution is 2.23. The Bertz CT molecular complexity index is 1070. The summed E-state index contributed by atoms with van der Waals surface area (Å²) in [6, 6.07) is -0.722. The molecule has 9 nitrogen and oxygen atoms in total. The summed E-state index contributed by atoms with van der Waals surface area (Å²) < 4.78 is 11.3. The van der Waals surface area contributed by atoms with Gasteiger partial charge in [-0.25, -0.2) is 0 Å². The number of aliphatic hydroxyl groups is 5. The maximum absolute atomic E-state index is 13.0. The number of ether oxygens (including phenoxy) is 2. The van der Waals surface area contributed by atoms with E-state index in [0.29, 0.717) is 12.8 Å². The standard InChI is InChI=1S/C56H107NO8/c1-3-5-7-9-11-13-15-17-19-21-22-23-24-25-26-27-28-30-31-33-35-37-39-41-43-45-50(59)49(48-64-56-55(63)54(62)53(61)51(47-58)65-56)57-52(60)46-44-42-40-38-36-34-32-29-20-18-16-14-12-10-8-6-4-2/h12,14,18,20,49-51,53-56,58-59,61-63H,3-11,13,15-17,19,21-48H2,1-2H3,(H,57,60)/b14-12-,20-18-. The molecule has 6 N–H and O–H groups in total. The summed E-state index contributed by atoms with van der Waals surface area (Å²) in [6.45, 7) is 3.83. The molecule has 0 bridgehead atoms. The fourth-order valence-electron chi connectivity index (χ4n) is 9.08.